The first kappa shape index (κ1) is 35.2. The molecular weight excluding hydrogens is 759 g/mol. The van der Waals surface area contributed by atoms with Crippen LogP contribution in [0.5, 0.6) is 0 Å². The lowest BCUT2D eigenvalue weighted by Gasteiger charge is -2.26. The highest BCUT2D eigenvalue weighted by Gasteiger charge is 2.16. The minimum absolute atomic E-state index is 0.906. The van der Waals surface area contributed by atoms with Crippen LogP contribution in [-0.2, 0) is 0 Å². The van der Waals surface area contributed by atoms with Gasteiger partial charge in [-0.3, -0.25) is 0 Å². The number of nitrogens with zero attached hydrogens (tertiary/aromatic N) is 1. The first-order chi connectivity index (χ1) is 30.2. The quantitative estimate of drug-likeness (QED) is 0.160. The molecule has 2 aromatic heterocycles. The molecule has 0 radical (unpaired) electrons. The van der Waals surface area contributed by atoms with Crippen LogP contribution in [0.1, 0.15) is 0 Å². The van der Waals surface area contributed by atoms with E-state index in [2.05, 4.69) is 217 Å². The number of hydrogen-bond acceptors (Lipinski definition) is 3. The molecule has 0 saturated heterocycles. The molecule has 0 fully saturated rings. The van der Waals surface area contributed by atoms with Crippen molar-refractivity contribution in [2.75, 3.05) is 4.90 Å². The van der Waals surface area contributed by atoms with Crippen LogP contribution < -0.4 is 4.90 Å². The first-order valence-electron chi connectivity index (χ1n) is 20.7. The lowest BCUT2D eigenvalue weighted by Crippen LogP contribution is -2.09. The summed E-state index contributed by atoms with van der Waals surface area (Å²) in [4.78, 5) is 2.35. The number of benzene rings is 10. The molecule has 10 aromatic carbocycles. The number of hydrogen-bond donors (Lipinski definition) is 0. The van der Waals surface area contributed by atoms with Crippen molar-refractivity contribution in [3.8, 4) is 44.5 Å². The summed E-state index contributed by atoms with van der Waals surface area (Å²) < 4.78 is 8.77. The van der Waals surface area contributed by atoms with Crippen LogP contribution in [0.15, 0.2) is 229 Å². The van der Waals surface area contributed by atoms with Crippen molar-refractivity contribution in [1.29, 1.82) is 0 Å². The van der Waals surface area contributed by atoms with E-state index in [4.69, 9.17) is 4.42 Å². The second kappa shape index (κ2) is 14.5. The zero-order valence-corrected chi connectivity index (χ0v) is 33.9. The van der Waals surface area contributed by atoms with E-state index in [-0.39, 0.29) is 0 Å². The lowest BCUT2D eigenvalue weighted by atomic mass is 9.95. The second-order valence-electron chi connectivity index (χ2n) is 15.7. The average Bonchev–Trinajstić information content (AvgIpc) is 3.90. The Kier molecular flexibility index (Phi) is 8.39. The zero-order valence-electron chi connectivity index (χ0n) is 33.1. The fourth-order valence-corrected chi connectivity index (χ4v) is 10.1. The van der Waals surface area contributed by atoms with Gasteiger partial charge in [-0.15, -0.1) is 11.3 Å². The fourth-order valence-electron chi connectivity index (χ4n) is 9.01. The molecular formula is C58H37NOS. The minimum Gasteiger partial charge on any atom is -0.456 e. The second-order valence-corrected chi connectivity index (χ2v) is 16.8. The Morgan fingerprint density at radius 2 is 0.787 bits per heavy atom. The van der Waals surface area contributed by atoms with Gasteiger partial charge in [0.25, 0.3) is 0 Å². The largest absolute Gasteiger partial charge is 0.456 e. The van der Waals surface area contributed by atoms with Gasteiger partial charge >= 0.3 is 0 Å². The maximum atomic E-state index is 6.13. The Balaban J connectivity index is 0.912. The third kappa shape index (κ3) is 6.26. The van der Waals surface area contributed by atoms with Crippen LogP contribution in [0.3, 0.4) is 0 Å². The number of thiophene rings is 1. The number of para-hydroxylation sites is 1. The number of furan rings is 1. The van der Waals surface area contributed by atoms with Gasteiger partial charge in [-0.05, 0) is 134 Å². The van der Waals surface area contributed by atoms with Crippen molar-refractivity contribution in [2.45, 2.75) is 0 Å². The summed E-state index contributed by atoms with van der Waals surface area (Å²) in [5.41, 5.74) is 14.6. The topological polar surface area (TPSA) is 16.4 Å². The van der Waals surface area contributed by atoms with Crippen LogP contribution in [0.2, 0.25) is 0 Å². The standard InChI is InChI=1S/C58H37NOS/c1-2-13-49-41(9-1)10-8-16-50(49)45-12-7-11-42(35-45)38-19-27-46(28-20-38)59(47-29-21-39(22-30-47)43-25-33-56-53(36-43)51-14-3-5-17-55(51)60-56)48-31-23-40(24-32-48)44-26-34-58-54(37-44)52-15-4-6-18-57(52)61-58/h1-37H. The Morgan fingerprint density at radius 3 is 1.51 bits per heavy atom. The third-order valence-corrected chi connectivity index (χ3v) is 13.2. The fraction of sp³-hybridized carbons (Fsp3) is 0. The Morgan fingerprint density at radius 1 is 0.295 bits per heavy atom. The Hall–Kier alpha value is -7.72. The van der Waals surface area contributed by atoms with Gasteiger partial charge in [0.1, 0.15) is 11.2 Å². The van der Waals surface area contributed by atoms with E-state index in [1.807, 2.05) is 23.5 Å². The van der Waals surface area contributed by atoms with Crippen LogP contribution in [0, 0.1) is 0 Å². The lowest BCUT2D eigenvalue weighted by molar-refractivity contribution is 0.669. The number of rotatable bonds is 7. The van der Waals surface area contributed by atoms with Crippen molar-refractivity contribution in [3.05, 3.63) is 224 Å². The summed E-state index contributed by atoms with van der Waals surface area (Å²) in [5.74, 6) is 0. The summed E-state index contributed by atoms with van der Waals surface area (Å²) >= 11 is 1.86. The van der Waals surface area contributed by atoms with Gasteiger partial charge < -0.3 is 9.32 Å². The summed E-state index contributed by atoms with van der Waals surface area (Å²) in [7, 11) is 0. The van der Waals surface area contributed by atoms with Crippen LogP contribution in [0.4, 0.5) is 17.1 Å². The molecule has 0 aliphatic heterocycles. The predicted octanol–water partition coefficient (Wildman–Crippen LogP) is 17.2. The van der Waals surface area contributed by atoms with Crippen molar-refractivity contribution in [2.24, 2.45) is 0 Å². The van der Waals surface area contributed by atoms with Gasteiger partial charge in [0.15, 0.2) is 0 Å². The van der Waals surface area contributed by atoms with Gasteiger partial charge in [0, 0.05) is 48.0 Å². The molecule has 0 aliphatic carbocycles. The summed E-state index contributed by atoms with van der Waals surface area (Å²) in [5, 5.41) is 7.41. The van der Waals surface area contributed by atoms with E-state index >= 15 is 0 Å². The first-order valence-corrected chi connectivity index (χ1v) is 21.5. The van der Waals surface area contributed by atoms with E-state index in [1.165, 1.54) is 64.3 Å². The van der Waals surface area contributed by atoms with E-state index < -0.39 is 0 Å². The molecule has 0 N–H and O–H groups in total. The summed E-state index contributed by atoms with van der Waals surface area (Å²) in [6, 6.07) is 81.3. The van der Waals surface area contributed by atoms with Gasteiger partial charge in [0.2, 0.25) is 0 Å². The monoisotopic (exact) mass is 795 g/mol. The van der Waals surface area contributed by atoms with Gasteiger partial charge in [-0.2, -0.15) is 0 Å². The molecule has 0 unspecified atom stereocenters. The summed E-state index contributed by atoms with van der Waals surface area (Å²) in [6.45, 7) is 0. The molecule has 0 atom stereocenters. The Bertz CT molecular complexity index is 3410. The molecule has 12 aromatic rings. The molecule has 0 amide bonds. The number of fused-ring (bicyclic) bond motifs is 7. The Labute approximate surface area is 357 Å². The van der Waals surface area contributed by atoms with Crippen molar-refractivity contribution >= 4 is 81.3 Å². The molecule has 0 spiro atoms. The third-order valence-electron chi connectivity index (χ3n) is 12.1. The molecule has 12 rings (SSSR count). The smallest absolute Gasteiger partial charge is 0.135 e. The van der Waals surface area contributed by atoms with Crippen LogP contribution >= 0.6 is 11.3 Å². The molecule has 0 bridgehead atoms. The van der Waals surface area contributed by atoms with E-state index in [9.17, 15) is 0 Å². The molecule has 61 heavy (non-hydrogen) atoms. The van der Waals surface area contributed by atoms with Gasteiger partial charge in [-0.25, -0.2) is 0 Å². The normalized spacial score (nSPS) is 11.6. The zero-order chi connectivity index (χ0) is 40.3. The van der Waals surface area contributed by atoms with E-state index in [0.29, 0.717) is 0 Å². The van der Waals surface area contributed by atoms with Crippen molar-refractivity contribution < 1.29 is 4.42 Å². The molecule has 0 aliphatic rings. The maximum absolute atomic E-state index is 6.13. The SMILES string of the molecule is c1cc(-c2ccc(N(c3ccc(-c4ccc5oc6ccccc6c5c4)cc3)c3ccc(-c4ccc5sc6ccccc6c5c4)cc3)cc2)cc(-c2cccc3ccccc23)c1. The number of anilines is 3. The maximum Gasteiger partial charge on any atom is 0.135 e. The van der Waals surface area contributed by atoms with Gasteiger partial charge in [0.05, 0.1) is 0 Å². The molecule has 286 valence electrons. The highest BCUT2D eigenvalue weighted by Crippen LogP contribution is 2.41. The highest BCUT2D eigenvalue weighted by molar-refractivity contribution is 7.25. The average molecular weight is 796 g/mol. The molecule has 2 nitrogen and oxygen atoms in total. The van der Waals surface area contributed by atoms with Crippen molar-refractivity contribution in [1.82, 2.24) is 0 Å². The van der Waals surface area contributed by atoms with Crippen LogP contribution in [-0.4, -0.2) is 0 Å². The van der Waals surface area contributed by atoms with E-state index in [0.717, 1.165) is 50.1 Å². The van der Waals surface area contributed by atoms with E-state index in [1.54, 1.807) is 0 Å². The van der Waals surface area contributed by atoms with Crippen LogP contribution in [0.25, 0.3) is 97.4 Å². The van der Waals surface area contributed by atoms with Gasteiger partial charge in [-0.1, -0.05) is 146 Å². The molecule has 0 saturated carbocycles. The summed E-state index contributed by atoms with van der Waals surface area (Å²) in [6.07, 6.45) is 0. The molecule has 3 heteroatoms. The van der Waals surface area contributed by atoms with Crippen molar-refractivity contribution in [3.63, 3.8) is 0 Å². The minimum atomic E-state index is 0.906. The highest BCUT2D eigenvalue weighted by atomic mass is 32.1. The predicted molar refractivity (Wildman–Crippen MR) is 261 cm³/mol. The molecule has 2 heterocycles.